The summed E-state index contributed by atoms with van der Waals surface area (Å²) in [5.41, 5.74) is 5.54. The molecular formula is C13H29N3. The van der Waals surface area contributed by atoms with Gasteiger partial charge < -0.3 is 15.5 Å². The van der Waals surface area contributed by atoms with Crippen LogP contribution in [0.2, 0.25) is 0 Å². The Bertz CT molecular complexity index is 165. The van der Waals surface area contributed by atoms with Gasteiger partial charge >= 0.3 is 0 Å². The molecule has 0 bridgehead atoms. The van der Waals surface area contributed by atoms with Crippen molar-refractivity contribution in [3.8, 4) is 0 Å². The minimum absolute atomic E-state index is 0.820. The maximum absolute atomic E-state index is 5.54. The third kappa shape index (κ3) is 4.81. The molecule has 0 aromatic heterocycles. The van der Waals surface area contributed by atoms with Crippen LogP contribution in [0.5, 0.6) is 0 Å². The van der Waals surface area contributed by atoms with Crippen LogP contribution in [-0.4, -0.2) is 55.6 Å². The van der Waals surface area contributed by atoms with Crippen molar-refractivity contribution in [2.75, 3.05) is 39.8 Å². The molecule has 96 valence electrons. The number of unbranched alkanes of at least 4 members (excludes halogenated alkanes) is 1. The topological polar surface area (TPSA) is 32.5 Å². The van der Waals surface area contributed by atoms with E-state index >= 15 is 0 Å². The van der Waals surface area contributed by atoms with E-state index in [1.54, 1.807) is 0 Å². The number of nitrogens with zero attached hydrogens (tertiary/aromatic N) is 2. The molecule has 1 saturated heterocycles. The van der Waals surface area contributed by atoms with Gasteiger partial charge in [0.25, 0.3) is 0 Å². The van der Waals surface area contributed by atoms with Gasteiger partial charge in [0.15, 0.2) is 0 Å². The standard InChI is InChI=1S/C13H29N3/c1-3-4-9-15(2)13-6-11-16(12-7-13)10-5-8-14/h13H,3-12,14H2,1-2H3. The second-order valence-corrected chi connectivity index (χ2v) is 5.05. The Morgan fingerprint density at radius 1 is 1.25 bits per heavy atom. The Balaban J connectivity index is 2.15. The fourth-order valence-corrected chi connectivity index (χ4v) is 2.49. The molecule has 0 aromatic rings. The summed E-state index contributed by atoms with van der Waals surface area (Å²) in [5, 5.41) is 0. The first-order valence-electron chi connectivity index (χ1n) is 6.90. The van der Waals surface area contributed by atoms with E-state index in [0.717, 1.165) is 19.0 Å². The first-order valence-corrected chi connectivity index (χ1v) is 6.90. The Morgan fingerprint density at radius 2 is 1.94 bits per heavy atom. The lowest BCUT2D eigenvalue weighted by Gasteiger charge is -2.36. The molecule has 3 nitrogen and oxygen atoms in total. The fourth-order valence-electron chi connectivity index (χ4n) is 2.49. The van der Waals surface area contributed by atoms with Crippen LogP contribution in [0.25, 0.3) is 0 Å². The number of hydrogen-bond acceptors (Lipinski definition) is 3. The van der Waals surface area contributed by atoms with Gasteiger partial charge in [0.1, 0.15) is 0 Å². The van der Waals surface area contributed by atoms with Crippen LogP contribution in [-0.2, 0) is 0 Å². The van der Waals surface area contributed by atoms with Crippen molar-refractivity contribution in [1.82, 2.24) is 9.80 Å². The van der Waals surface area contributed by atoms with Gasteiger partial charge in [-0.25, -0.2) is 0 Å². The van der Waals surface area contributed by atoms with Crippen molar-refractivity contribution in [2.45, 2.75) is 45.1 Å². The van der Waals surface area contributed by atoms with Gasteiger partial charge in [0, 0.05) is 6.04 Å². The SMILES string of the molecule is CCCCN(C)C1CCN(CCCN)CC1. The van der Waals surface area contributed by atoms with Crippen LogP contribution >= 0.6 is 0 Å². The third-order valence-corrected chi connectivity index (χ3v) is 3.72. The number of rotatable bonds is 7. The smallest absolute Gasteiger partial charge is 0.0117 e. The predicted molar refractivity (Wildman–Crippen MR) is 70.7 cm³/mol. The maximum atomic E-state index is 5.54. The average Bonchev–Trinajstić information content (AvgIpc) is 2.34. The highest BCUT2D eigenvalue weighted by atomic mass is 15.2. The number of likely N-dealkylation sites (tertiary alicyclic amines) is 1. The predicted octanol–water partition coefficient (Wildman–Crippen LogP) is 1.53. The maximum Gasteiger partial charge on any atom is 0.0117 e. The highest BCUT2D eigenvalue weighted by Gasteiger charge is 2.21. The van der Waals surface area contributed by atoms with Crippen LogP contribution < -0.4 is 5.73 Å². The molecule has 1 aliphatic rings. The van der Waals surface area contributed by atoms with Gasteiger partial charge in [0.2, 0.25) is 0 Å². The van der Waals surface area contributed by atoms with E-state index in [9.17, 15) is 0 Å². The van der Waals surface area contributed by atoms with Crippen molar-refractivity contribution in [3.05, 3.63) is 0 Å². The second kappa shape index (κ2) is 8.04. The summed E-state index contributed by atoms with van der Waals surface area (Å²) in [6, 6.07) is 0.820. The van der Waals surface area contributed by atoms with E-state index in [1.807, 2.05) is 0 Å². The van der Waals surface area contributed by atoms with E-state index in [2.05, 4.69) is 23.8 Å². The number of hydrogen-bond donors (Lipinski definition) is 1. The molecule has 0 unspecified atom stereocenters. The number of piperidine rings is 1. The van der Waals surface area contributed by atoms with E-state index in [0.29, 0.717) is 0 Å². The molecule has 1 heterocycles. The molecule has 0 atom stereocenters. The Labute approximate surface area is 101 Å². The van der Waals surface area contributed by atoms with Gasteiger partial charge in [-0.1, -0.05) is 13.3 Å². The molecule has 1 rings (SSSR count). The highest BCUT2D eigenvalue weighted by molar-refractivity contribution is 4.78. The molecule has 2 N–H and O–H groups in total. The van der Waals surface area contributed by atoms with Crippen molar-refractivity contribution in [1.29, 1.82) is 0 Å². The molecule has 0 saturated carbocycles. The summed E-state index contributed by atoms with van der Waals surface area (Å²) < 4.78 is 0. The average molecular weight is 227 g/mol. The van der Waals surface area contributed by atoms with Crippen molar-refractivity contribution in [3.63, 3.8) is 0 Å². The normalized spacial score (nSPS) is 19.5. The van der Waals surface area contributed by atoms with E-state index in [4.69, 9.17) is 5.73 Å². The van der Waals surface area contributed by atoms with Crippen molar-refractivity contribution >= 4 is 0 Å². The zero-order valence-electron chi connectivity index (χ0n) is 11.1. The van der Waals surface area contributed by atoms with E-state index in [1.165, 1.54) is 51.9 Å². The Kier molecular flexibility index (Phi) is 7.01. The minimum atomic E-state index is 0.820. The van der Waals surface area contributed by atoms with Gasteiger partial charge in [-0.05, 0) is 65.5 Å². The summed E-state index contributed by atoms with van der Waals surface area (Å²) in [4.78, 5) is 5.13. The summed E-state index contributed by atoms with van der Waals surface area (Å²) >= 11 is 0. The molecule has 0 spiro atoms. The van der Waals surface area contributed by atoms with Crippen molar-refractivity contribution < 1.29 is 0 Å². The monoisotopic (exact) mass is 227 g/mol. The zero-order valence-corrected chi connectivity index (χ0v) is 11.1. The van der Waals surface area contributed by atoms with Crippen molar-refractivity contribution in [2.24, 2.45) is 5.73 Å². The first kappa shape index (κ1) is 13.9. The summed E-state index contributed by atoms with van der Waals surface area (Å²) in [5.74, 6) is 0. The van der Waals surface area contributed by atoms with Gasteiger partial charge in [-0.3, -0.25) is 0 Å². The van der Waals surface area contributed by atoms with Crippen LogP contribution in [0.3, 0.4) is 0 Å². The van der Waals surface area contributed by atoms with Gasteiger partial charge in [-0.2, -0.15) is 0 Å². The summed E-state index contributed by atoms with van der Waals surface area (Å²) in [6.45, 7) is 8.09. The molecule has 0 aromatic carbocycles. The van der Waals surface area contributed by atoms with Crippen LogP contribution in [0.15, 0.2) is 0 Å². The lowest BCUT2D eigenvalue weighted by Crippen LogP contribution is -2.44. The Hall–Kier alpha value is -0.120. The summed E-state index contributed by atoms with van der Waals surface area (Å²) in [7, 11) is 2.29. The zero-order chi connectivity index (χ0) is 11.8. The molecule has 0 radical (unpaired) electrons. The molecule has 1 aliphatic heterocycles. The molecule has 3 heteroatoms. The quantitative estimate of drug-likeness (QED) is 0.716. The Morgan fingerprint density at radius 3 is 2.50 bits per heavy atom. The fraction of sp³-hybridized carbons (Fsp3) is 1.00. The lowest BCUT2D eigenvalue weighted by atomic mass is 10.0. The highest BCUT2D eigenvalue weighted by Crippen LogP contribution is 2.15. The first-order chi connectivity index (χ1) is 7.77. The molecule has 16 heavy (non-hydrogen) atoms. The van der Waals surface area contributed by atoms with Crippen LogP contribution in [0.4, 0.5) is 0 Å². The number of nitrogens with two attached hydrogens (primary N) is 1. The largest absolute Gasteiger partial charge is 0.330 e. The molecular weight excluding hydrogens is 198 g/mol. The van der Waals surface area contributed by atoms with Crippen LogP contribution in [0, 0.1) is 0 Å². The lowest BCUT2D eigenvalue weighted by molar-refractivity contribution is 0.126. The van der Waals surface area contributed by atoms with Gasteiger partial charge in [0.05, 0.1) is 0 Å². The molecule has 0 amide bonds. The molecule has 1 fully saturated rings. The third-order valence-electron chi connectivity index (χ3n) is 3.72. The summed E-state index contributed by atoms with van der Waals surface area (Å²) in [6.07, 6.45) is 6.47. The van der Waals surface area contributed by atoms with Crippen LogP contribution in [0.1, 0.15) is 39.0 Å². The molecule has 0 aliphatic carbocycles. The van der Waals surface area contributed by atoms with Gasteiger partial charge in [-0.15, -0.1) is 0 Å². The van der Waals surface area contributed by atoms with E-state index in [-0.39, 0.29) is 0 Å². The second-order valence-electron chi connectivity index (χ2n) is 5.05. The minimum Gasteiger partial charge on any atom is -0.330 e. The van der Waals surface area contributed by atoms with E-state index < -0.39 is 0 Å².